The molecule has 0 aliphatic carbocycles. The number of aromatic nitrogens is 1. The van der Waals surface area contributed by atoms with Crippen molar-refractivity contribution < 1.29 is 9.68 Å². The topological polar surface area (TPSA) is 56.1 Å². The number of hydrogen-bond acceptors (Lipinski definition) is 5. The van der Waals surface area contributed by atoms with Gasteiger partial charge in [0.2, 0.25) is 0 Å². The second kappa shape index (κ2) is 9.35. The fraction of sp³-hybridized carbons (Fsp3) is 0.0952. The molecule has 0 saturated carbocycles. The summed E-state index contributed by atoms with van der Waals surface area (Å²) in [7, 11) is 0. The molecule has 142 valence electrons. The van der Waals surface area contributed by atoms with Crippen LogP contribution in [0.4, 0.5) is 0 Å². The van der Waals surface area contributed by atoms with Crippen LogP contribution in [-0.4, -0.2) is 16.4 Å². The normalized spacial score (nSPS) is 12.0. The summed E-state index contributed by atoms with van der Waals surface area (Å²) in [4.78, 5) is 15.0. The zero-order valence-corrected chi connectivity index (χ0v) is 16.8. The highest BCUT2D eigenvalue weighted by atomic mass is 35.5. The maximum Gasteiger partial charge on any atom is 0.252 e. The number of oxime groups is 2. The standard InChI is InChI=1S/C21H17Cl2N3O2/c1-14(16-6-10-18(22)11-7-16)25-27-20-4-3-5-21(24-20)28-26-15(2)17-8-12-19(23)13-9-17/h3-13H,1-2H3. The highest BCUT2D eigenvalue weighted by molar-refractivity contribution is 6.31. The largest absolute Gasteiger partial charge is 0.336 e. The number of halogens is 2. The molecule has 0 atom stereocenters. The van der Waals surface area contributed by atoms with Crippen LogP contribution in [-0.2, 0) is 0 Å². The molecule has 5 nitrogen and oxygen atoms in total. The SMILES string of the molecule is CC(=NOc1cccc(ON=C(C)c2ccc(Cl)cc2)n1)c1ccc(Cl)cc1. The lowest BCUT2D eigenvalue weighted by Crippen LogP contribution is -2.00. The minimum absolute atomic E-state index is 0.296. The lowest BCUT2D eigenvalue weighted by molar-refractivity contribution is 0.299. The van der Waals surface area contributed by atoms with E-state index in [4.69, 9.17) is 32.9 Å². The van der Waals surface area contributed by atoms with Gasteiger partial charge in [-0.25, -0.2) is 0 Å². The van der Waals surface area contributed by atoms with Crippen molar-refractivity contribution in [1.82, 2.24) is 4.98 Å². The van der Waals surface area contributed by atoms with Crippen LogP contribution in [0, 0.1) is 0 Å². The first-order chi connectivity index (χ1) is 13.5. The molecule has 0 N–H and O–H groups in total. The molecular weight excluding hydrogens is 397 g/mol. The van der Waals surface area contributed by atoms with Crippen LogP contribution < -0.4 is 9.68 Å². The minimum Gasteiger partial charge on any atom is -0.336 e. The Balaban J connectivity index is 1.66. The van der Waals surface area contributed by atoms with E-state index in [9.17, 15) is 0 Å². The fourth-order valence-corrected chi connectivity index (χ4v) is 2.47. The van der Waals surface area contributed by atoms with E-state index in [0.717, 1.165) is 11.1 Å². The van der Waals surface area contributed by atoms with E-state index in [-0.39, 0.29) is 0 Å². The zero-order valence-electron chi connectivity index (χ0n) is 15.3. The molecule has 28 heavy (non-hydrogen) atoms. The molecule has 0 bridgehead atoms. The second-order valence-corrected chi connectivity index (χ2v) is 6.74. The summed E-state index contributed by atoms with van der Waals surface area (Å²) in [6.07, 6.45) is 0. The molecule has 0 spiro atoms. The Morgan fingerprint density at radius 1 is 0.679 bits per heavy atom. The Morgan fingerprint density at radius 3 is 1.46 bits per heavy atom. The van der Waals surface area contributed by atoms with Crippen molar-refractivity contribution in [3.63, 3.8) is 0 Å². The van der Waals surface area contributed by atoms with Crippen molar-refractivity contribution in [2.24, 2.45) is 10.3 Å². The Morgan fingerprint density at radius 2 is 1.07 bits per heavy atom. The van der Waals surface area contributed by atoms with E-state index < -0.39 is 0 Å². The average Bonchev–Trinajstić information content (AvgIpc) is 2.71. The van der Waals surface area contributed by atoms with Gasteiger partial charge in [0.25, 0.3) is 11.8 Å². The molecule has 0 aliphatic heterocycles. The Bertz CT molecular complexity index is 922. The van der Waals surface area contributed by atoms with E-state index >= 15 is 0 Å². The van der Waals surface area contributed by atoms with Crippen LogP contribution in [0.25, 0.3) is 0 Å². The molecular formula is C21H17Cl2N3O2. The van der Waals surface area contributed by atoms with Crippen LogP contribution in [0.15, 0.2) is 77.0 Å². The van der Waals surface area contributed by atoms with Crippen LogP contribution in [0.5, 0.6) is 11.8 Å². The summed E-state index contributed by atoms with van der Waals surface area (Å²) >= 11 is 11.8. The van der Waals surface area contributed by atoms with Crippen LogP contribution in [0.1, 0.15) is 25.0 Å². The predicted octanol–water partition coefficient (Wildman–Crippen LogP) is 5.99. The summed E-state index contributed by atoms with van der Waals surface area (Å²) in [5.41, 5.74) is 3.20. The van der Waals surface area contributed by atoms with Gasteiger partial charge >= 0.3 is 0 Å². The van der Waals surface area contributed by atoms with E-state index in [2.05, 4.69) is 15.3 Å². The third-order valence-electron chi connectivity index (χ3n) is 3.77. The van der Waals surface area contributed by atoms with E-state index in [1.54, 1.807) is 42.5 Å². The Hall–Kier alpha value is -2.89. The number of rotatable bonds is 6. The number of nitrogens with zero attached hydrogens (tertiary/aromatic N) is 3. The van der Waals surface area contributed by atoms with Gasteiger partial charge in [-0.1, -0.05) is 63.8 Å². The molecule has 3 aromatic rings. The lowest BCUT2D eigenvalue weighted by Gasteiger charge is -2.04. The summed E-state index contributed by atoms with van der Waals surface area (Å²) in [5.74, 6) is 0.593. The summed E-state index contributed by atoms with van der Waals surface area (Å²) < 4.78 is 0. The summed E-state index contributed by atoms with van der Waals surface area (Å²) in [5, 5.41) is 9.52. The molecule has 0 fully saturated rings. The van der Waals surface area contributed by atoms with Crippen molar-refractivity contribution in [2.45, 2.75) is 13.8 Å². The summed E-state index contributed by atoms with van der Waals surface area (Å²) in [6.45, 7) is 3.67. The predicted molar refractivity (Wildman–Crippen MR) is 113 cm³/mol. The monoisotopic (exact) mass is 413 g/mol. The van der Waals surface area contributed by atoms with Gasteiger partial charge in [-0.2, -0.15) is 4.98 Å². The van der Waals surface area contributed by atoms with Gasteiger partial charge in [-0.3, -0.25) is 0 Å². The molecule has 0 saturated heterocycles. The third kappa shape index (κ3) is 5.55. The van der Waals surface area contributed by atoms with Crippen molar-refractivity contribution in [3.8, 4) is 11.8 Å². The van der Waals surface area contributed by atoms with E-state index in [1.165, 1.54) is 0 Å². The quantitative estimate of drug-likeness (QED) is 0.368. The molecule has 7 heteroatoms. The zero-order chi connectivity index (χ0) is 19.9. The number of benzene rings is 2. The molecule has 0 amide bonds. The Labute approximate surface area is 173 Å². The second-order valence-electron chi connectivity index (χ2n) is 5.86. The van der Waals surface area contributed by atoms with Gasteiger partial charge in [0.15, 0.2) is 0 Å². The van der Waals surface area contributed by atoms with Crippen LogP contribution in [0.2, 0.25) is 10.0 Å². The van der Waals surface area contributed by atoms with Gasteiger partial charge in [-0.15, -0.1) is 0 Å². The molecule has 0 radical (unpaired) electrons. The van der Waals surface area contributed by atoms with E-state index in [1.807, 2.05) is 38.1 Å². The molecule has 3 rings (SSSR count). The third-order valence-corrected chi connectivity index (χ3v) is 4.28. The lowest BCUT2D eigenvalue weighted by atomic mass is 10.1. The first-order valence-electron chi connectivity index (χ1n) is 8.43. The average molecular weight is 414 g/mol. The molecule has 0 unspecified atom stereocenters. The molecule has 1 heterocycles. The van der Waals surface area contributed by atoms with E-state index in [0.29, 0.717) is 33.2 Å². The van der Waals surface area contributed by atoms with Crippen molar-refractivity contribution in [3.05, 3.63) is 87.9 Å². The fourth-order valence-electron chi connectivity index (χ4n) is 2.22. The van der Waals surface area contributed by atoms with Gasteiger partial charge < -0.3 is 9.68 Å². The highest BCUT2D eigenvalue weighted by Crippen LogP contribution is 2.16. The van der Waals surface area contributed by atoms with Crippen LogP contribution in [0.3, 0.4) is 0 Å². The van der Waals surface area contributed by atoms with Gasteiger partial charge in [0.05, 0.1) is 11.4 Å². The van der Waals surface area contributed by atoms with Crippen molar-refractivity contribution in [1.29, 1.82) is 0 Å². The van der Waals surface area contributed by atoms with Gasteiger partial charge in [-0.05, 0) is 49.2 Å². The van der Waals surface area contributed by atoms with Crippen molar-refractivity contribution in [2.75, 3.05) is 0 Å². The molecule has 2 aromatic carbocycles. The van der Waals surface area contributed by atoms with Gasteiger partial charge in [0.1, 0.15) is 0 Å². The number of pyridine rings is 1. The summed E-state index contributed by atoms with van der Waals surface area (Å²) in [6, 6.07) is 19.8. The minimum atomic E-state index is 0.296. The smallest absolute Gasteiger partial charge is 0.252 e. The van der Waals surface area contributed by atoms with Gasteiger partial charge in [0, 0.05) is 22.2 Å². The first kappa shape index (κ1) is 19.9. The maximum absolute atomic E-state index is 5.89. The molecule has 0 aliphatic rings. The van der Waals surface area contributed by atoms with Crippen LogP contribution >= 0.6 is 23.2 Å². The first-order valence-corrected chi connectivity index (χ1v) is 9.19. The number of hydrogen-bond donors (Lipinski definition) is 0. The molecule has 1 aromatic heterocycles. The highest BCUT2D eigenvalue weighted by Gasteiger charge is 2.03. The Kier molecular flexibility index (Phi) is 6.63. The van der Waals surface area contributed by atoms with Crippen molar-refractivity contribution >= 4 is 34.6 Å². The maximum atomic E-state index is 5.89.